The second-order valence-corrected chi connectivity index (χ2v) is 4.37. The maximum Gasteiger partial charge on any atom is 0.201 e. The lowest BCUT2D eigenvalue weighted by Gasteiger charge is -2.18. The molecule has 0 atom stereocenters. The molecule has 2 aromatic heterocycles. The van der Waals surface area contributed by atoms with Gasteiger partial charge in [-0.1, -0.05) is 13.8 Å². The van der Waals surface area contributed by atoms with Gasteiger partial charge in [0.1, 0.15) is 5.52 Å². The number of anilines is 1. The van der Waals surface area contributed by atoms with Crippen LogP contribution in [-0.4, -0.2) is 39.1 Å². The molecule has 0 unspecified atom stereocenters. The van der Waals surface area contributed by atoms with E-state index in [1.807, 2.05) is 6.07 Å². The van der Waals surface area contributed by atoms with E-state index in [4.69, 9.17) is 5.73 Å². The fourth-order valence-electron chi connectivity index (χ4n) is 2.23. The van der Waals surface area contributed by atoms with E-state index in [1.165, 1.54) is 0 Å². The number of pyridine rings is 1. The second kappa shape index (κ2) is 5.82. The number of aromatic nitrogens is 3. The number of rotatable bonds is 6. The molecule has 0 aliphatic heterocycles. The summed E-state index contributed by atoms with van der Waals surface area (Å²) in [7, 11) is 0. The molecule has 0 amide bonds. The zero-order valence-corrected chi connectivity index (χ0v) is 11.1. The van der Waals surface area contributed by atoms with Crippen LogP contribution in [0.2, 0.25) is 0 Å². The SMILES string of the molecule is CCN(CC)CCCn1c(N)nc2cnccc21. The van der Waals surface area contributed by atoms with E-state index in [0.717, 1.165) is 43.6 Å². The molecule has 0 aromatic carbocycles. The van der Waals surface area contributed by atoms with Crippen LogP contribution < -0.4 is 5.73 Å². The third kappa shape index (κ3) is 2.61. The molecule has 5 heteroatoms. The van der Waals surface area contributed by atoms with Gasteiger partial charge in [0, 0.05) is 12.7 Å². The van der Waals surface area contributed by atoms with Gasteiger partial charge in [-0.25, -0.2) is 4.98 Å². The van der Waals surface area contributed by atoms with Crippen LogP contribution in [0.5, 0.6) is 0 Å². The van der Waals surface area contributed by atoms with Gasteiger partial charge in [-0.3, -0.25) is 4.98 Å². The first-order valence-electron chi connectivity index (χ1n) is 6.54. The minimum absolute atomic E-state index is 0.581. The first kappa shape index (κ1) is 12.8. The highest BCUT2D eigenvalue weighted by molar-refractivity contribution is 5.76. The van der Waals surface area contributed by atoms with Gasteiger partial charge in [0.15, 0.2) is 0 Å². The Bertz CT molecular complexity index is 501. The Morgan fingerprint density at radius 2 is 2.11 bits per heavy atom. The second-order valence-electron chi connectivity index (χ2n) is 4.37. The molecule has 5 nitrogen and oxygen atoms in total. The Labute approximate surface area is 108 Å². The van der Waals surface area contributed by atoms with Gasteiger partial charge in [0.2, 0.25) is 5.95 Å². The number of hydrogen-bond donors (Lipinski definition) is 1. The van der Waals surface area contributed by atoms with Crippen molar-refractivity contribution in [1.82, 2.24) is 19.4 Å². The summed E-state index contributed by atoms with van der Waals surface area (Å²) in [5.74, 6) is 0.581. The monoisotopic (exact) mass is 247 g/mol. The van der Waals surface area contributed by atoms with Gasteiger partial charge >= 0.3 is 0 Å². The molecule has 98 valence electrons. The normalized spacial score (nSPS) is 11.5. The maximum atomic E-state index is 5.95. The molecule has 0 spiro atoms. The van der Waals surface area contributed by atoms with Gasteiger partial charge in [0.05, 0.1) is 11.7 Å². The van der Waals surface area contributed by atoms with Gasteiger partial charge in [-0.2, -0.15) is 0 Å². The van der Waals surface area contributed by atoms with Crippen LogP contribution in [0.25, 0.3) is 11.0 Å². The van der Waals surface area contributed by atoms with Gasteiger partial charge in [0.25, 0.3) is 0 Å². The average molecular weight is 247 g/mol. The van der Waals surface area contributed by atoms with Crippen LogP contribution in [0.4, 0.5) is 5.95 Å². The molecule has 0 aliphatic carbocycles. The summed E-state index contributed by atoms with van der Waals surface area (Å²) in [5.41, 5.74) is 7.89. The fourth-order valence-corrected chi connectivity index (χ4v) is 2.23. The zero-order valence-electron chi connectivity index (χ0n) is 11.1. The first-order chi connectivity index (χ1) is 8.76. The van der Waals surface area contributed by atoms with E-state index in [9.17, 15) is 0 Å². The lowest BCUT2D eigenvalue weighted by molar-refractivity contribution is 0.294. The van der Waals surface area contributed by atoms with Gasteiger partial charge in [-0.05, 0) is 32.1 Å². The molecule has 0 saturated carbocycles. The Morgan fingerprint density at radius 1 is 1.33 bits per heavy atom. The van der Waals surface area contributed by atoms with Crippen molar-refractivity contribution in [3.8, 4) is 0 Å². The molecule has 0 saturated heterocycles. The van der Waals surface area contributed by atoms with Crippen LogP contribution in [0.3, 0.4) is 0 Å². The largest absolute Gasteiger partial charge is 0.369 e. The van der Waals surface area contributed by atoms with E-state index in [1.54, 1.807) is 12.4 Å². The van der Waals surface area contributed by atoms with Crippen LogP contribution >= 0.6 is 0 Å². The summed E-state index contributed by atoms with van der Waals surface area (Å²) >= 11 is 0. The van der Waals surface area contributed by atoms with E-state index >= 15 is 0 Å². The van der Waals surface area contributed by atoms with E-state index < -0.39 is 0 Å². The molecule has 0 bridgehead atoms. The van der Waals surface area contributed by atoms with E-state index in [-0.39, 0.29) is 0 Å². The molecule has 2 N–H and O–H groups in total. The molecule has 18 heavy (non-hydrogen) atoms. The van der Waals surface area contributed by atoms with Crippen molar-refractivity contribution in [2.24, 2.45) is 0 Å². The van der Waals surface area contributed by atoms with E-state index in [2.05, 4.69) is 33.3 Å². The Hall–Kier alpha value is -1.62. The minimum atomic E-state index is 0.581. The Morgan fingerprint density at radius 3 is 2.83 bits per heavy atom. The summed E-state index contributed by atoms with van der Waals surface area (Å²) in [5, 5.41) is 0. The van der Waals surface area contributed by atoms with Crippen LogP contribution in [0.1, 0.15) is 20.3 Å². The van der Waals surface area contributed by atoms with Crippen molar-refractivity contribution >= 4 is 17.0 Å². The molecule has 2 aromatic rings. The summed E-state index contributed by atoms with van der Waals surface area (Å²) in [6.07, 6.45) is 4.62. The topological polar surface area (TPSA) is 60.0 Å². The highest BCUT2D eigenvalue weighted by Gasteiger charge is 2.07. The number of aryl methyl sites for hydroxylation is 1. The molecular weight excluding hydrogens is 226 g/mol. The Balaban J connectivity index is 2.05. The number of nitrogens with zero attached hydrogens (tertiary/aromatic N) is 4. The van der Waals surface area contributed by atoms with Crippen molar-refractivity contribution in [3.05, 3.63) is 18.5 Å². The third-order valence-electron chi connectivity index (χ3n) is 3.33. The first-order valence-corrected chi connectivity index (χ1v) is 6.54. The standard InChI is InChI=1S/C13H21N5/c1-3-17(4-2)8-5-9-18-12-6-7-15-10-11(12)16-13(18)14/h6-7,10H,3-5,8-9H2,1-2H3,(H2,14,16). The number of fused-ring (bicyclic) bond motifs is 1. The van der Waals surface area contributed by atoms with Crippen molar-refractivity contribution in [2.45, 2.75) is 26.8 Å². The molecule has 0 radical (unpaired) electrons. The van der Waals surface area contributed by atoms with Gasteiger partial charge in [-0.15, -0.1) is 0 Å². The zero-order chi connectivity index (χ0) is 13.0. The number of imidazole rings is 1. The minimum Gasteiger partial charge on any atom is -0.369 e. The number of hydrogen-bond acceptors (Lipinski definition) is 4. The predicted molar refractivity (Wildman–Crippen MR) is 74.3 cm³/mol. The third-order valence-corrected chi connectivity index (χ3v) is 3.33. The summed E-state index contributed by atoms with van der Waals surface area (Å²) in [4.78, 5) is 10.8. The quantitative estimate of drug-likeness (QED) is 0.844. The molecule has 0 aliphatic rings. The highest BCUT2D eigenvalue weighted by Crippen LogP contribution is 2.16. The number of nitrogens with two attached hydrogens (primary N) is 1. The summed E-state index contributed by atoms with van der Waals surface area (Å²) in [6, 6.07) is 1.97. The lowest BCUT2D eigenvalue weighted by Crippen LogP contribution is -2.25. The average Bonchev–Trinajstić information content (AvgIpc) is 2.71. The molecular formula is C13H21N5. The Kier molecular flexibility index (Phi) is 4.15. The maximum absolute atomic E-state index is 5.95. The van der Waals surface area contributed by atoms with Crippen molar-refractivity contribution in [1.29, 1.82) is 0 Å². The van der Waals surface area contributed by atoms with Crippen LogP contribution in [0.15, 0.2) is 18.5 Å². The number of nitrogen functional groups attached to an aromatic ring is 1. The lowest BCUT2D eigenvalue weighted by atomic mass is 10.3. The van der Waals surface area contributed by atoms with Crippen molar-refractivity contribution in [3.63, 3.8) is 0 Å². The van der Waals surface area contributed by atoms with Crippen molar-refractivity contribution in [2.75, 3.05) is 25.4 Å². The van der Waals surface area contributed by atoms with E-state index in [0.29, 0.717) is 5.95 Å². The fraction of sp³-hybridized carbons (Fsp3) is 0.538. The molecule has 0 fully saturated rings. The summed E-state index contributed by atoms with van der Waals surface area (Å²) in [6.45, 7) is 8.58. The van der Waals surface area contributed by atoms with Crippen LogP contribution in [-0.2, 0) is 6.54 Å². The smallest absolute Gasteiger partial charge is 0.201 e. The van der Waals surface area contributed by atoms with Crippen LogP contribution in [0, 0.1) is 0 Å². The van der Waals surface area contributed by atoms with Gasteiger partial charge < -0.3 is 15.2 Å². The predicted octanol–water partition coefficient (Wildman–Crippen LogP) is 1.75. The molecule has 2 heterocycles. The van der Waals surface area contributed by atoms with Crippen molar-refractivity contribution < 1.29 is 0 Å². The summed E-state index contributed by atoms with van der Waals surface area (Å²) < 4.78 is 2.07. The highest BCUT2D eigenvalue weighted by atomic mass is 15.2. The molecule has 2 rings (SSSR count).